The van der Waals surface area contributed by atoms with Gasteiger partial charge in [0.25, 0.3) is 0 Å². The minimum Gasteiger partial charge on any atom is -0.376 e. The van der Waals surface area contributed by atoms with Crippen LogP contribution in [0.2, 0.25) is 0 Å². The molecule has 1 atom stereocenters. The first-order valence-electron chi connectivity index (χ1n) is 6.74. The summed E-state index contributed by atoms with van der Waals surface area (Å²) in [5, 5.41) is 0. The Morgan fingerprint density at radius 1 is 0.950 bits per heavy atom. The van der Waals surface area contributed by atoms with E-state index in [1.807, 2.05) is 54.6 Å². The third kappa shape index (κ3) is 2.64. The van der Waals surface area contributed by atoms with E-state index in [0.717, 1.165) is 5.56 Å². The predicted octanol–water partition coefficient (Wildman–Crippen LogP) is 3.01. The Kier molecular flexibility index (Phi) is 3.90. The molecule has 1 heterocycles. The zero-order chi connectivity index (χ0) is 13.8. The first kappa shape index (κ1) is 13.0. The van der Waals surface area contributed by atoms with Gasteiger partial charge in [0.1, 0.15) is 6.10 Å². The van der Waals surface area contributed by atoms with Crippen LogP contribution in [0.15, 0.2) is 54.6 Å². The minimum absolute atomic E-state index is 0.0235. The molecule has 2 aromatic carbocycles. The largest absolute Gasteiger partial charge is 0.376 e. The molecule has 20 heavy (non-hydrogen) atoms. The van der Waals surface area contributed by atoms with Crippen molar-refractivity contribution >= 4 is 5.78 Å². The Labute approximate surface area is 118 Å². The smallest absolute Gasteiger partial charge is 0.193 e. The van der Waals surface area contributed by atoms with Crippen molar-refractivity contribution in [2.75, 3.05) is 19.8 Å². The predicted molar refractivity (Wildman–Crippen MR) is 75.8 cm³/mol. The van der Waals surface area contributed by atoms with Gasteiger partial charge in [-0.1, -0.05) is 54.6 Å². The van der Waals surface area contributed by atoms with Crippen LogP contribution >= 0.6 is 0 Å². The number of hydrogen-bond donors (Lipinski definition) is 0. The van der Waals surface area contributed by atoms with Gasteiger partial charge in [0.05, 0.1) is 19.8 Å². The first-order valence-corrected chi connectivity index (χ1v) is 6.74. The van der Waals surface area contributed by atoms with Gasteiger partial charge in [0.15, 0.2) is 5.78 Å². The van der Waals surface area contributed by atoms with Gasteiger partial charge in [-0.3, -0.25) is 4.79 Å². The number of ether oxygens (including phenoxy) is 2. The van der Waals surface area contributed by atoms with Crippen molar-refractivity contribution in [2.45, 2.75) is 6.10 Å². The first-order chi connectivity index (χ1) is 9.86. The molecule has 0 aliphatic carbocycles. The Bertz CT molecular complexity index is 586. The van der Waals surface area contributed by atoms with E-state index in [2.05, 4.69) is 0 Å². The van der Waals surface area contributed by atoms with Gasteiger partial charge in [-0.15, -0.1) is 0 Å². The lowest BCUT2D eigenvalue weighted by Gasteiger charge is -2.24. The second kappa shape index (κ2) is 5.99. The molecule has 1 aliphatic heterocycles. The highest BCUT2D eigenvalue weighted by molar-refractivity contribution is 6.09. The van der Waals surface area contributed by atoms with Crippen molar-refractivity contribution in [3.8, 4) is 0 Å². The van der Waals surface area contributed by atoms with Crippen LogP contribution in [0.1, 0.15) is 27.6 Å². The zero-order valence-corrected chi connectivity index (χ0v) is 11.1. The fourth-order valence-corrected chi connectivity index (χ4v) is 2.40. The molecule has 1 unspecified atom stereocenters. The van der Waals surface area contributed by atoms with E-state index >= 15 is 0 Å². The lowest BCUT2D eigenvalue weighted by atomic mass is 9.95. The van der Waals surface area contributed by atoms with Crippen LogP contribution < -0.4 is 0 Å². The molecule has 1 fully saturated rings. The van der Waals surface area contributed by atoms with Gasteiger partial charge >= 0.3 is 0 Å². The topological polar surface area (TPSA) is 35.5 Å². The van der Waals surface area contributed by atoms with Gasteiger partial charge in [0.2, 0.25) is 0 Å². The van der Waals surface area contributed by atoms with E-state index in [1.54, 1.807) is 0 Å². The van der Waals surface area contributed by atoms with Gasteiger partial charge < -0.3 is 9.47 Å². The van der Waals surface area contributed by atoms with E-state index < -0.39 is 0 Å². The molecule has 3 heteroatoms. The molecule has 0 aromatic heterocycles. The number of carbonyl (C=O) groups excluding carboxylic acids is 1. The Morgan fingerprint density at radius 3 is 2.45 bits per heavy atom. The number of hydrogen-bond acceptors (Lipinski definition) is 3. The van der Waals surface area contributed by atoms with Crippen LogP contribution in [-0.2, 0) is 9.47 Å². The van der Waals surface area contributed by atoms with Gasteiger partial charge in [-0.2, -0.15) is 0 Å². The highest BCUT2D eigenvalue weighted by Gasteiger charge is 2.22. The van der Waals surface area contributed by atoms with Gasteiger partial charge in [-0.05, 0) is 5.56 Å². The number of rotatable bonds is 3. The minimum atomic E-state index is -0.160. The van der Waals surface area contributed by atoms with Crippen LogP contribution in [-0.4, -0.2) is 25.6 Å². The third-order valence-electron chi connectivity index (χ3n) is 3.40. The average Bonchev–Trinajstić information content (AvgIpc) is 2.56. The Morgan fingerprint density at radius 2 is 1.70 bits per heavy atom. The molecule has 3 rings (SSSR count). The standard InChI is InChI=1S/C17H16O3/c18-17(13-6-2-1-3-7-13)15-9-5-4-8-14(15)16-12-19-10-11-20-16/h1-9,16H,10-12H2. The summed E-state index contributed by atoms with van der Waals surface area (Å²) in [6.45, 7) is 1.68. The second-order valence-corrected chi connectivity index (χ2v) is 4.72. The molecule has 0 saturated carbocycles. The molecule has 0 N–H and O–H groups in total. The second-order valence-electron chi connectivity index (χ2n) is 4.72. The monoisotopic (exact) mass is 268 g/mol. The summed E-state index contributed by atoms with van der Waals surface area (Å²) >= 11 is 0. The normalized spacial score (nSPS) is 18.7. The van der Waals surface area contributed by atoms with E-state index in [1.165, 1.54) is 0 Å². The molecule has 102 valence electrons. The van der Waals surface area contributed by atoms with Crippen LogP contribution in [0.3, 0.4) is 0 Å². The fraction of sp³-hybridized carbons (Fsp3) is 0.235. The van der Waals surface area contributed by atoms with Crippen LogP contribution in [0.4, 0.5) is 0 Å². The highest BCUT2D eigenvalue weighted by atomic mass is 16.6. The summed E-state index contributed by atoms with van der Waals surface area (Å²) in [6, 6.07) is 16.9. The molecule has 0 radical (unpaired) electrons. The molecular formula is C17H16O3. The molecular weight excluding hydrogens is 252 g/mol. The quantitative estimate of drug-likeness (QED) is 0.803. The number of carbonyl (C=O) groups is 1. The fourth-order valence-electron chi connectivity index (χ4n) is 2.40. The summed E-state index contributed by atoms with van der Waals surface area (Å²) in [5.41, 5.74) is 2.28. The van der Waals surface area contributed by atoms with E-state index in [-0.39, 0.29) is 11.9 Å². The van der Waals surface area contributed by atoms with E-state index in [4.69, 9.17) is 9.47 Å². The Balaban J connectivity index is 1.95. The summed E-state index contributed by atoms with van der Waals surface area (Å²) in [5.74, 6) is 0.0235. The number of benzene rings is 2. The number of ketones is 1. The highest BCUT2D eigenvalue weighted by Crippen LogP contribution is 2.25. The SMILES string of the molecule is O=C(c1ccccc1)c1ccccc1C1COCCO1. The third-order valence-corrected chi connectivity index (χ3v) is 3.40. The summed E-state index contributed by atoms with van der Waals surface area (Å²) in [6.07, 6.45) is -0.160. The van der Waals surface area contributed by atoms with E-state index in [9.17, 15) is 4.79 Å². The van der Waals surface area contributed by atoms with Crippen LogP contribution in [0.5, 0.6) is 0 Å². The van der Waals surface area contributed by atoms with Crippen molar-refractivity contribution in [1.29, 1.82) is 0 Å². The lowest BCUT2D eigenvalue weighted by Crippen LogP contribution is -2.23. The summed E-state index contributed by atoms with van der Waals surface area (Å²) in [7, 11) is 0. The maximum atomic E-state index is 12.6. The molecule has 2 aromatic rings. The maximum absolute atomic E-state index is 12.6. The van der Waals surface area contributed by atoms with Crippen molar-refractivity contribution in [3.05, 3.63) is 71.3 Å². The molecule has 3 nitrogen and oxygen atoms in total. The van der Waals surface area contributed by atoms with Crippen LogP contribution in [0.25, 0.3) is 0 Å². The van der Waals surface area contributed by atoms with Crippen molar-refractivity contribution < 1.29 is 14.3 Å². The molecule has 1 saturated heterocycles. The molecule has 0 spiro atoms. The van der Waals surface area contributed by atoms with Gasteiger partial charge in [0, 0.05) is 11.1 Å². The van der Waals surface area contributed by atoms with Crippen molar-refractivity contribution in [3.63, 3.8) is 0 Å². The molecule has 0 amide bonds. The van der Waals surface area contributed by atoms with Gasteiger partial charge in [-0.25, -0.2) is 0 Å². The summed E-state index contributed by atoms with van der Waals surface area (Å²) in [4.78, 5) is 12.6. The molecule has 0 bridgehead atoms. The molecule has 1 aliphatic rings. The van der Waals surface area contributed by atoms with Crippen LogP contribution in [0, 0.1) is 0 Å². The zero-order valence-electron chi connectivity index (χ0n) is 11.1. The van der Waals surface area contributed by atoms with Crippen molar-refractivity contribution in [1.82, 2.24) is 0 Å². The maximum Gasteiger partial charge on any atom is 0.193 e. The lowest BCUT2D eigenvalue weighted by molar-refractivity contribution is -0.0902. The average molecular weight is 268 g/mol. The van der Waals surface area contributed by atoms with Crippen molar-refractivity contribution in [2.24, 2.45) is 0 Å². The Hall–Kier alpha value is -1.97. The summed E-state index contributed by atoms with van der Waals surface area (Å²) < 4.78 is 11.2. The van der Waals surface area contributed by atoms with E-state index in [0.29, 0.717) is 30.9 Å².